The monoisotopic (exact) mass is 135 g/mol. The lowest BCUT2D eigenvalue weighted by atomic mass is 10.5. The van der Waals surface area contributed by atoms with Crippen LogP contribution in [0.3, 0.4) is 0 Å². The highest BCUT2D eigenvalue weighted by molar-refractivity contribution is 4.19. The molecule has 0 aromatic rings. The molecule has 3 heteroatoms. The molecule has 0 spiro atoms. The highest BCUT2D eigenvalue weighted by Crippen LogP contribution is 1.84. The van der Waals surface area contributed by atoms with E-state index in [0.29, 0.717) is 0 Å². The number of nitrogens with zero attached hydrogens (tertiary/aromatic N) is 1. The fourth-order valence-corrected chi connectivity index (χ4v) is 0.300. The standard InChI is InChI=1S/C5H14NO.CH5N/c1-6(2,3)4-5-7;1-2/h7H,4-5H2,1-3H3;2H2,1H3/q+1;. The minimum Gasteiger partial charge on any atom is -0.391 e. The van der Waals surface area contributed by atoms with Gasteiger partial charge in [0.05, 0.1) is 27.7 Å². The first-order valence-corrected chi connectivity index (χ1v) is 3.05. The summed E-state index contributed by atoms with van der Waals surface area (Å²) < 4.78 is 0.844. The molecule has 0 aromatic carbocycles. The average Bonchev–Trinajstić information content (AvgIpc) is 1.69. The largest absolute Gasteiger partial charge is 0.391 e. The van der Waals surface area contributed by atoms with Crippen LogP contribution in [0.4, 0.5) is 0 Å². The molecule has 9 heavy (non-hydrogen) atoms. The van der Waals surface area contributed by atoms with Gasteiger partial charge in [0.15, 0.2) is 0 Å². The van der Waals surface area contributed by atoms with Crippen LogP contribution in [0, 0.1) is 0 Å². The predicted molar refractivity (Wildman–Crippen MR) is 40.1 cm³/mol. The van der Waals surface area contributed by atoms with Gasteiger partial charge in [0.2, 0.25) is 0 Å². The van der Waals surface area contributed by atoms with E-state index in [2.05, 4.69) is 26.9 Å². The Morgan fingerprint density at radius 3 is 1.56 bits per heavy atom. The second-order valence-corrected chi connectivity index (χ2v) is 2.74. The highest BCUT2D eigenvalue weighted by atomic mass is 16.3. The Labute approximate surface area is 57.7 Å². The van der Waals surface area contributed by atoms with Crippen LogP contribution in [-0.2, 0) is 0 Å². The molecule has 0 heterocycles. The lowest BCUT2D eigenvalue weighted by Crippen LogP contribution is -2.36. The Kier molecular flexibility index (Phi) is 7.77. The van der Waals surface area contributed by atoms with Crippen molar-refractivity contribution in [3.8, 4) is 0 Å². The van der Waals surface area contributed by atoms with Crippen molar-refractivity contribution in [2.75, 3.05) is 41.3 Å². The van der Waals surface area contributed by atoms with Crippen molar-refractivity contribution >= 4 is 0 Å². The number of likely N-dealkylation sites (N-methyl/N-ethyl adjacent to an activating group) is 1. The topological polar surface area (TPSA) is 46.2 Å². The Balaban J connectivity index is 0. The molecule has 0 aromatic heterocycles. The van der Waals surface area contributed by atoms with Crippen molar-refractivity contribution in [2.24, 2.45) is 5.73 Å². The van der Waals surface area contributed by atoms with Crippen LogP contribution in [0.15, 0.2) is 0 Å². The summed E-state index contributed by atoms with van der Waals surface area (Å²) in [6.45, 7) is 1.11. The Bertz CT molecular complexity index is 49.5. The van der Waals surface area contributed by atoms with E-state index in [1.165, 1.54) is 7.05 Å². The quantitative estimate of drug-likeness (QED) is 0.490. The van der Waals surface area contributed by atoms with Gasteiger partial charge in [0, 0.05) is 0 Å². The third kappa shape index (κ3) is 18.1. The third-order valence-electron chi connectivity index (χ3n) is 0.771. The van der Waals surface area contributed by atoms with Gasteiger partial charge >= 0.3 is 0 Å². The molecular weight excluding hydrogens is 116 g/mol. The van der Waals surface area contributed by atoms with E-state index < -0.39 is 0 Å². The van der Waals surface area contributed by atoms with E-state index >= 15 is 0 Å². The molecule has 0 rings (SSSR count). The Hall–Kier alpha value is -0.120. The zero-order chi connectivity index (χ0) is 7.91. The molecule has 0 aliphatic carbocycles. The summed E-state index contributed by atoms with van der Waals surface area (Å²) >= 11 is 0. The first-order chi connectivity index (χ1) is 4.06. The molecule has 58 valence electrons. The van der Waals surface area contributed by atoms with Gasteiger partial charge in [-0.05, 0) is 7.05 Å². The summed E-state index contributed by atoms with van der Waals surface area (Å²) in [5.74, 6) is 0. The van der Waals surface area contributed by atoms with E-state index in [1.54, 1.807) is 0 Å². The van der Waals surface area contributed by atoms with Crippen molar-refractivity contribution in [3.05, 3.63) is 0 Å². The van der Waals surface area contributed by atoms with Crippen LogP contribution in [-0.4, -0.2) is 50.9 Å². The van der Waals surface area contributed by atoms with Crippen molar-refractivity contribution < 1.29 is 9.59 Å². The maximum Gasteiger partial charge on any atom is 0.101 e. The van der Waals surface area contributed by atoms with E-state index in [4.69, 9.17) is 5.11 Å². The zero-order valence-electron chi connectivity index (χ0n) is 6.89. The average molecular weight is 135 g/mol. The summed E-state index contributed by atoms with van der Waals surface area (Å²) in [5.41, 5.74) is 4.50. The van der Waals surface area contributed by atoms with Gasteiger partial charge in [-0.15, -0.1) is 0 Å². The van der Waals surface area contributed by atoms with Crippen LogP contribution in [0.2, 0.25) is 0 Å². The SMILES string of the molecule is CN.C[N+](C)(C)CCO. The number of aliphatic hydroxyl groups excluding tert-OH is 1. The molecule has 0 radical (unpaired) electrons. The lowest BCUT2D eigenvalue weighted by Gasteiger charge is -2.21. The van der Waals surface area contributed by atoms with E-state index in [1.807, 2.05) is 0 Å². The zero-order valence-corrected chi connectivity index (χ0v) is 6.89. The maximum atomic E-state index is 8.39. The van der Waals surface area contributed by atoms with E-state index in [9.17, 15) is 0 Å². The molecule has 0 aliphatic heterocycles. The van der Waals surface area contributed by atoms with Crippen molar-refractivity contribution in [2.45, 2.75) is 0 Å². The minimum absolute atomic E-state index is 0.281. The van der Waals surface area contributed by atoms with E-state index in [0.717, 1.165) is 11.0 Å². The number of hydrogen-bond donors (Lipinski definition) is 2. The molecule has 0 unspecified atom stereocenters. The lowest BCUT2D eigenvalue weighted by molar-refractivity contribution is -0.870. The van der Waals surface area contributed by atoms with Crippen LogP contribution < -0.4 is 5.73 Å². The van der Waals surface area contributed by atoms with Gasteiger partial charge < -0.3 is 15.3 Å². The first-order valence-electron chi connectivity index (χ1n) is 3.05. The van der Waals surface area contributed by atoms with Crippen molar-refractivity contribution in [1.82, 2.24) is 0 Å². The van der Waals surface area contributed by atoms with Gasteiger partial charge in [-0.3, -0.25) is 0 Å². The van der Waals surface area contributed by atoms with Crippen LogP contribution in [0.25, 0.3) is 0 Å². The second-order valence-electron chi connectivity index (χ2n) is 2.74. The normalized spacial score (nSPS) is 10.0. The smallest absolute Gasteiger partial charge is 0.101 e. The van der Waals surface area contributed by atoms with Gasteiger partial charge in [-0.2, -0.15) is 0 Å². The molecule has 0 aliphatic rings. The number of quaternary nitrogens is 1. The predicted octanol–water partition coefficient (Wildman–Crippen LogP) is -0.740. The number of nitrogens with two attached hydrogens (primary N) is 1. The van der Waals surface area contributed by atoms with Crippen LogP contribution in [0.1, 0.15) is 0 Å². The molecule has 0 saturated heterocycles. The summed E-state index contributed by atoms with van der Waals surface area (Å²) in [6, 6.07) is 0. The molecule has 0 amide bonds. The first kappa shape index (κ1) is 11.6. The molecule has 0 fully saturated rings. The highest BCUT2D eigenvalue weighted by Gasteiger charge is 2.02. The van der Waals surface area contributed by atoms with Gasteiger partial charge in [0.25, 0.3) is 0 Å². The molecule has 3 nitrogen and oxygen atoms in total. The molecule has 0 bridgehead atoms. The number of hydrogen-bond acceptors (Lipinski definition) is 2. The molecule has 0 atom stereocenters. The molecular formula is C6H19N2O+. The number of rotatable bonds is 2. The summed E-state index contributed by atoms with van der Waals surface area (Å²) in [7, 11) is 7.66. The van der Waals surface area contributed by atoms with E-state index in [-0.39, 0.29) is 6.61 Å². The summed E-state index contributed by atoms with van der Waals surface area (Å²) in [4.78, 5) is 0. The van der Waals surface area contributed by atoms with Crippen LogP contribution >= 0.6 is 0 Å². The number of aliphatic hydroxyl groups is 1. The van der Waals surface area contributed by atoms with Crippen molar-refractivity contribution in [3.63, 3.8) is 0 Å². The van der Waals surface area contributed by atoms with Crippen LogP contribution in [0.5, 0.6) is 0 Å². The maximum absolute atomic E-state index is 8.39. The van der Waals surface area contributed by atoms with Crippen molar-refractivity contribution in [1.29, 1.82) is 0 Å². The summed E-state index contributed by atoms with van der Waals surface area (Å²) in [6.07, 6.45) is 0. The van der Waals surface area contributed by atoms with Gasteiger partial charge in [-0.1, -0.05) is 0 Å². The fraction of sp³-hybridized carbons (Fsp3) is 1.00. The summed E-state index contributed by atoms with van der Waals surface area (Å²) in [5, 5.41) is 8.39. The Morgan fingerprint density at radius 1 is 1.22 bits per heavy atom. The minimum atomic E-state index is 0.281. The third-order valence-corrected chi connectivity index (χ3v) is 0.771. The van der Waals surface area contributed by atoms with Gasteiger partial charge in [-0.25, -0.2) is 0 Å². The Morgan fingerprint density at radius 2 is 1.56 bits per heavy atom. The van der Waals surface area contributed by atoms with Gasteiger partial charge in [0.1, 0.15) is 6.54 Å². The fourth-order valence-electron chi connectivity index (χ4n) is 0.300. The molecule has 3 N–H and O–H groups in total. The second kappa shape index (κ2) is 6.01. The molecule has 0 saturated carbocycles.